The van der Waals surface area contributed by atoms with Gasteiger partial charge in [0.2, 0.25) is 0 Å². The van der Waals surface area contributed by atoms with Gasteiger partial charge in [0, 0.05) is 17.5 Å². The normalized spacial score (nSPS) is 11.0. The van der Waals surface area contributed by atoms with Gasteiger partial charge < -0.3 is 10.1 Å². The number of para-hydroxylation sites is 1. The lowest BCUT2D eigenvalue weighted by Crippen LogP contribution is -2.12. The monoisotopic (exact) mass is 381 g/mol. The van der Waals surface area contributed by atoms with Gasteiger partial charge in [0.15, 0.2) is 9.84 Å². The van der Waals surface area contributed by atoms with Crippen molar-refractivity contribution in [1.82, 2.24) is 0 Å². The van der Waals surface area contributed by atoms with Crippen LogP contribution in [0.5, 0.6) is 5.75 Å². The van der Waals surface area contributed by atoms with Crippen LogP contribution in [0.1, 0.15) is 15.9 Å². The Bertz CT molecular complexity index is 1030. The molecule has 27 heavy (non-hydrogen) atoms. The molecule has 138 valence electrons. The Hall–Kier alpha value is -3.12. The average Bonchev–Trinajstić information content (AvgIpc) is 2.67. The van der Waals surface area contributed by atoms with Crippen LogP contribution in [0.25, 0.3) is 0 Å². The molecule has 0 saturated heterocycles. The first kappa shape index (κ1) is 18.7. The molecule has 0 unspecified atom stereocenters. The van der Waals surface area contributed by atoms with E-state index in [1.54, 1.807) is 24.3 Å². The molecule has 1 N–H and O–H groups in total. The minimum Gasteiger partial charge on any atom is -0.489 e. The molecule has 0 spiro atoms. The summed E-state index contributed by atoms with van der Waals surface area (Å²) in [5.41, 5.74) is 1.84. The van der Waals surface area contributed by atoms with Crippen LogP contribution >= 0.6 is 0 Å². The zero-order valence-electron chi connectivity index (χ0n) is 14.8. The van der Waals surface area contributed by atoms with Gasteiger partial charge in [-0.05, 0) is 48.0 Å². The third-order valence-electron chi connectivity index (χ3n) is 3.88. The molecule has 6 heteroatoms. The van der Waals surface area contributed by atoms with Crippen LogP contribution in [0.15, 0.2) is 83.8 Å². The van der Waals surface area contributed by atoms with Crippen LogP contribution in [0, 0.1) is 0 Å². The third-order valence-corrected chi connectivity index (χ3v) is 5.00. The standard InChI is InChI=1S/C21H19NO4S/c1-27(24,25)20-9-5-6-18(14-20)22-21(23)17-12-10-16(11-13-17)15-26-19-7-3-2-4-8-19/h2-14H,15H2,1H3,(H,22,23). The third kappa shape index (κ3) is 5.18. The maximum absolute atomic E-state index is 12.4. The smallest absolute Gasteiger partial charge is 0.255 e. The molecular formula is C21H19NO4S. The molecule has 0 bridgehead atoms. The van der Waals surface area contributed by atoms with Crippen LogP contribution < -0.4 is 10.1 Å². The van der Waals surface area contributed by atoms with Crippen molar-refractivity contribution in [3.05, 3.63) is 90.0 Å². The Morgan fingerprint density at radius 3 is 2.30 bits per heavy atom. The van der Waals surface area contributed by atoms with Crippen LogP contribution in [0.3, 0.4) is 0 Å². The van der Waals surface area contributed by atoms with Crippen molar-refractivity contribution in [2.24, 2.45) is 0 Å². The van der Waals surface area contributed by atoms with Crippen LogP contribution in [-0.4, -0.2) is 20.6 Å². The Kier molecular flexibility index (Phi) is 5.57. The molecule has 3 rings (SSSR count). The van der Waals surface area contributed by atoms with Gasteiger partial charge >= 0.3 is 0 Å². The van der Waals surface area contributed by atoms with E-state index in [1.807, 2.05) is 42.5 Å². The second kappa shape index (κ2) is 8.05. The van der Waals surface area contributed by atoms with E-state index in [2.05, 4.69) is 5.32 Å². The lowest BCUT2D eigenvalue weighted by Gasteiger charge is -2.09. The van der Waals surface area contributed by atoms with Crippen molar-refractivity contribution >= 4 is 21.4 Å². The van der Waals surface area contributed by atoms with Crippen molar-refractivity contribution in [3.8, 4) is 5.75 Å². The predicted octanol–water partition coefficient (Wildman–Crippen LogP) is 3.92. The van der Waals surface area contributed by atoms with E-state index in [-0.39, 0.29) is 10.8 Å². The summed E-state index contributed by atoms with van der Waals surface area (Å²) in [7, 11) is -3.33. The van der Waals surface area contributed by atoms with Crippen molar-refractivity contribution in [2.45, 2.75) is 11.5 Å². The highest BCUT2D eigenvalue weighted by Crippen LogP contribution is 2.17. The molecule has 3 aromatic rings. The number of carbonyl (C=O) groups is 1. The first-order valence-corrected chi connectivity index (χ1v) is 10.2. The summed E-state index contributed by atoms with van der Waals surface area (Å²) in [5.74, 6) is 0.473. The molecule has 0 heterocycles. The van der Waals surface area contributed by atoms with E-state index in [0.29, 0.717) is 17.9 Å². The van der Waals surface area contributed by atoms with E-state index in [9.17, 15) is 13.2 Å². The number of hydrogen-bond donors (Lipinski definition) is 1. The highest BCUT2D eigenvalue weighted by Gasteiger charge is 2.10. The fourth-order valence-electron chi connectivity index (χ4n) is 2.44. The van der Waals surface area contributed by atoms with Gasteiger partial charge in [-0.15, -0.1) is 0 Å². The number of amides is 1. The topological polar surface area (TPSA) is 72.5 Å². The largest absolute Gasteiger partial charge is 0.489 e. The highest BCUT2D eigenvalue weighted by atomic mass is 32.2. The quantitative estimate of drug-likeness (QED) is 0.702. The van der Waals surface area contributed by atoms with Crippen molar-refractivity contribution in [2.75, 3.05) is 11.6 Å². The highest BCUT2D eigenvalue weighted by molar-refractivity contribution is 7.90. The maximum Gasteiger partial charge on any atom is 0.255 e. The number of ether oxygens (including phenoxy) is 1. The summed E-state index contributed by atoms with van der Waals surface area (Å²) in [6.07, 6.45) is 1.13. The zero-order chi connectivity index (χ0) is 19.3. The molecule has 0 fully saturated rings. The van der Waals surface area contributed by atoms with E-state index in [1.165, 1.54) is 12.1 Å². The Balaban J connectivity index is 1.64. The number of benzene rings is 3. The van der Waals surface area contributed by atoms with E-state index in [0.717, 1.165) is 17.6 Å². The fourth-order valence-corrected chi connectivity index (χ4v) is 3.11. The SMILES string of the molecule is CS(=O)(=O)c1cccc(NC(=O)c2ccc(COc3ccccc3)cc2)c1. The molecule has 0 radical (unpaired) electrons. The van der Waals surface area contributed by atoms with Gasteiger partial charge in [-0.1, -0.05) is 36.4 Å². The molecule has 5 nitrogen and oxygen atoms in total. The number of anilines is 1. The average molecular weight is 381 g/mol. The van der Waals surface area contributed by atoms with Gasteiger partial charge in [-0.25, -0.2) is 8.42 Å². The summed E-state index contributed by atoms with van der Waals surface area (Å²) >= 11 is 0. The molecule has 3 aromatic carbocycles. The number of nitrogens with one attached hydrogen (secondary N) is 1. The van der Waals surface area contributed by atoms with Gasteiger partial charge in [-0.2, -0.15) is 0 Å². The minimum absolute atomic E-state index is 0.161. The fraction of sp³-hybridized carbons (Fsp3) is 0.0952. The molecule has 0 atom stereocenters. The van der Waals surface area contributed by atoms with Gasteiger partial charge in [0.1, 0.15) is 12.4 Å². The number of hydrogen-bond acceptors (Lipinski definition) is 4. The lowest BCUT2D eigenvalue weighted by molar-refractivity contribution is 0.102. The van der Waals surface area contributed by atoms with E-state index in [4.69, 9.17) is 4.74 Å². The first-order chi connectivity index (χ1) is 12.9. The first-order valence-electron chi connectivity index (χ1n) is 8.30. The van der Waals surface area contributed by atoms with Crippen LogP contribution in [0.4, 0.5) is 5.69 Å². The van der Waals surface area contributed by atoms with Crippen LogP contribution in [-0.2, 0) is 16.4 Å². The Labute approximate surface area is 158 Å². The number of carbonyl (C=O) groups excluding carboxylic acids is 1. The van der Waals surface area contributed by atoms with Gasteiger partial charge in [-0.3, -0.25) is 4.79 Å². The van der Waals surface area contributed by atoms with Crippen molar-refractivity contribution in [1.29, 1.82) is 0 Å². The summed E-state index contributed by atoms with van der Waals surface area (Å²) < 4.78 is 28.9. The maximum atomic E-state index is 12.4. The van der Waals surface area contributed by atoms with Gasteiger partial charge in [0.05, 0.1) is 4.90 Å². The summed E-state index contributed by atoms with van der Waals surface area (Å²) in [6.45, 7) is 0.405. The van der Waals surface area contributed by atoms with Gasteiger partial charge in [0.25, 0.3) is 5.91 Å². The lowest BCUT2D eigenvalue weighted by atomic mass is 10.1. The summed E-state index contributed by atoms with van der Waals surface area (Å²) in [4.78, 5) is 12.5. The second-order valence-corrected chi connectivity index (χ2v) is 8.07. The molecule has 0 aliphatic heterocycles. The molecular weight excluding hydrogens is 362 g/mol. The molecule has 0 aliphatic carbocycles. The summed E-state index contributed by atoms with van der Waals surface area (Å²) in [5, 5.41) is 2.71. The second-order valence-electron chi connectivity index (χ2n) is 6.05. The van der Waals surface area contributed by atoms with E-state index < -0.39 is 9.84 Å². The Morgan fingerprint density at radius 1 is 0.926 bits per heavy atom. The Morgan fingerprint density at radius 2 is 1.63 bits per heavy atom. The minimum atomic E-state index is -3.33. The predicted molar refractivity (Wildman–Crippen MR) is 105 cm³/mol. The molecule has 0 aromatic heterocycles. The summed E-state index contributed by atoms with van der Waals surface area (Å²) in [6, 6.07) is 22.7. The molecule has 0 aliphatic rings. The zero-order valence-corrected chi connectivity index (χ0v) is 15.6. The molecule has 0 saturated carbocycles. The van der Waals surface area contributed by atoms with Crippen molar-refractivity contribution < 1.29 is 17.9 Å². The van der Waals surface area contributed by atoms with Crippen LogP contribution in [0.2, 0.25) is 0 Å². The van der Waals surface area contributed by atoms with E-state index >= 15 is 0 Å². The number of sulfone groups is 1. The number of rotatable bonds is 6. The van der Waals surface area contributed by atoms with Crippen molar-refractivity contribution in [3.63, 3.8) is 0 Å². The molecule has 1 amide bonds.